The lowest BCUT2D eigenvalue weighted by Gasteiger charge is -2.42. The first-order chi connectivity index (χ1) is 12.7. The maximum absolute atomic E-state index is 6.04. The van der Waals surface area contributed by atoms with E-state index in [4.69, 9.17) is 19.9 Å². The highest BCUT2D eigenvalue weighted by Crippen LogP contribution is 2.43. The Morgan fingerprint density at radius 2 is 1.73 bits per heavy atom. The van der Waals surface area contributed by atoms with Gasteiger partial charge in [0, 0.05) is 31.2 Å². The molecule has 0 radical (unpaired) electrons. The molecule has 0 bridgehead atoms. The molecule has 5 heteroatoms. The quantitative estimate of drug-likeness (QED) is 0.915. The van der Waals surface area contributed by atoms with Crippen LogP contribution in [-0.4, -0.2) is 32.8 Å². The Morgan fingerprint density at radius 1 is 1.00 bits per heavy atom. The lowest BCUT2D eigenvalue weighted by molar-refractivity contribution is 0.159. The van der Waals surface area contributed by atoms with Gasteiger partial charge in [-0.1, -0.05) is 6.07 Å². The van der Waals surface area contributed by atoms with E-state index in [1.54, 1.807) is 21.3 Å². The van der Waals surface area contributed by atoms with E-state index in [0.29, 0.717) is 12.6 Å². The SMILES string of the molecule is COc1cc2c(cc1OC)C1Cc3ccc(OC)c(CN)c3CN1CC2. The molecule has 0 spiro atoms. The van der Waals surface area contributed by atoms with E-state index in [9.17, 15) is 0 Å². The molecule has 0 fully saturated rings. The zero-order chi connectivity index (χ0) is 18.3. The van der Waals surface area contributed by atoms with Crippen molar-refractivity contribution < 1.29 is 14.2 Å². The van der Waals surface area contributed by atoms with Gasteiger partial charge in [-0.25, -0.2) is 0 Å². The number of rotatable bonds is 4. The molecule has 0 saturated carbocycles. The molecule has 1 unspecified atom stereocenters. The first-order valence-electron chi connectivity index (χ1n) is 9.06. The molecule has 2 aliphatic rings. The van der Waals surface area contributed by atoms with E-state index in [0.717, 1.165) is 48.7 Å². The highest BCUT2D eigenvalue weighted by molar-refractivity contribution is 5.52. The van der Waals surface area contributed by atoms with Crippen LogP contribution in [0.4, 0.5) is 0 Å². The second-order valence-electron chi connectivity index (χ2n) is 6.93. The highest BCUT2D eigenvalue weighted by atomic mass is 16.5. The summed E-state index contributed by atoms with van der Waals surface area (Å²) in [5.74, 6) is 2.51. The number of hydrogen-bond acceptors (Lipinski definition) is 5. The summed E-state index contributed by atoms with van der Waals surface area (Å²) in [5.41, 5.74) is 12.6. The average Bonchev–Trinajstić information content (AvgIpc) is 2.70. The van der Waals surface area contributed by atoms with E-state index < -0.39 is 0 Å². The van der Waals surface area contributed by atoms with Gasteiger partial charge in [-0.2, -0.15) is 0 Å². The van der Waals surface area contributed by atoms with Crippen molar-refractivity contribution in [3.8, 4) is 17.2 Å². The van der Waals surface area contributed by atoms with Crippen molar-refractivity contribution in [1.29, 1.82) is 0 Å². The summed E-state index contributed by atoms with van der Waals surface area (Å²) in [6.45, 7) is 2.46. The first kappa shape index (κ1) is 17.2. The molecule has 0 aromatic heterocycles. The average molecular weight is 354 g/mol. The van der Waals surface area contributed by atoms with Crippen molar-refractivity contribution >= 4 is 0 Å². The monoisotopic (exact) mass is 354 g/mol. The van der Waals surface area contributed by atoms with Crippen LogP contribution >= 0.6 is 0 Å². The fourth-order valence-electron chi connectivity index (χ4n) is 4.44. The van der Waals surface area contributed by atoms with Crippen LogP contribution in [0.25, 0.3) is 0 Å². The van der Waals surface area contributed by atoms with Crippen LogP contribution < -0.4 is 19.9 Å². The molecule has 2 aromatic rings. The second kappa shape index (κ2) is 6.82. The van der Waals surface area contributed by atoms with Gasteiger partial charge in [-0.15, -0.1) is 0 Å². The summed E-state index contributed by atoms with van der Waals surface area (Å²) in [7, 11) is 5.10. The van der Waals surface area contributed by atoms with Gasteiger partial charge >= 0.3 is 0 Å². The minimum absolute atomic E-state index is 0.366. The van der Waals surface area contributed by atoms with Gasteiger partial charge in [0.1, 0.15) is 5.75 Å². The van der Waals surface area contributed by atoms with Gasteiger partial charge in [-0.05, 0) is 53.3 Å². The number of fused-ring (bicyclic) bond motifs is 4. The molecular formula is C21H26N2O3. The fourth-order valence-corrected chi connectivity index (χ4v) is 4.44. The number of ether oxygens (including phenoxy) is 3. The smallest absolute Gasteiger partial charge is 0.161 e. The number of hydrogen-bond donors (Lipinski definition) is 1. The van der Waals surface area contributed by atoms with Crippen LogP contribution in [0.3, 0.4) is 0 Å². The molecule has 0 saturated heterocycles. The third-order valence-corrected chi connectivity index (χ3v) is 5.80. The summed E-state index contributed by atoms with van der Waals surface area (Å²) >= 11 is 0. The maximum Gasteiger partial charge on any atom is 0.161 e. The molecule has 26 heavy (non-hydrogen) atoms. The maximum atomic E-state index is 6.04. The molecule has 2 heterocycles. The molecule has 2 N–H and O–H groups in total. The van der Waals surface area contributed by atoms with Gasteiger partial charge in [0.2, 0.25) is 0 Å². The van der Waals surface area contributed by atoms with Crippen LogP contribution in [0, 0.1) is 0 Å². The van der Waals surface area contributed by atoms with Crippen LogP contribution in [0.2, 0.25) is 0 Å². The number of benzene rings is 2. The van der Waals surface area contributed by atoms with Crippen molar-refractivity contribution in [2.45, 2.75) is 32.0 Å². The van der Waals surface area contributed by atoms with E-state index in [1.165, 1.54) is 22.3 Å². The zero-order valence-corrected chi connectivity index (χ0v) is 15.7. The number of nitrogens with zero attached hydrogens (tertiary/aromatic N) is 1. The summed E-state index contributed by atoms with van der Waals surface area (Å²) in [6.07, 6.45) is 2.00. The predicted octanol–water partition coefficient (Wildman–Crippen LogP) is 2.83. The zero-order valence-electron chi connectivity index (χ0n) is 15.7. The summed E-state index contributed by atoms with van der Waals surface area (Å²) in [4.78, 5) is 2.55. The molecular weight excluding hydrogens is 328 g/mol. The Hall–Kier alpha value is -2.24. The Labute approximate surface area is 154 Å². The standard InChI is InChI=1S/C21H26N2O3/c1-24-19-5-4-13-8-18-15-10-21(26-3)20(25-2)9-14(15)6-7-23(18)12-17(13)16(19)11-22/h4-5,9-10,18H,6-8,11-12,22H2,1-3H3. The summed E-state index contributed by atoms with van der Waals surface area (Å²) < 4.78 is 16.5. The largest absolute Gasteiger partial charge is 0.496 e. The van der Waals surface area contributed by atoms with Gasteiger partial charge in [0.05, 0.1) is 21.3 Å². The van der Waals surface area contributed by atoms with Crippen molar-refractivity contribution in [2.75, 3.05) is 27.9 Å². The lowest BCUT2D eigenvalue weighted by Crippen LogP contribution is -2.40. The Balaban J connectivity index is 1.76. The predicted molar refractivity (Wildman–Crippen MR) is 101 cm³/mol. The first-order valence-corrected chi connectivity index (χ1v) is 9.06. The van der Waals surface area contributed by atoms with E-state index >= 15 is 0 Å². The summed E-state index contributed by atoms with van der Waals surface area (Å²) in [5, 5.41) is 0. The van der Waals surface area contributed by atoms with Crippen LogP contribution in [0.15, 0.2) is 24.3 Å². The molecule has 2 aromatic carbocycles. The van der Waals surface area contributed by atoms with Crippen LogP contribution in [0.5, 0.6) is 17.2 Å². The number of nitrogens with two attached hydrogens (primary N) is 1. The van der Waals surface area contributed by atoms with Crippen molar-refractivity contribution in [1.82, 2.24) is 4.90 Å². The molecule has 0 aliphatic carbocycles. The minimum atomic E-state index is 0.366. The molecule has 0 amide bonds. The summed E-state index contributed by atoms with van der Waals surface area (Å²) in [6, 6.07) is 8.91. The van der Waals surface area contributed by atoms with Crippen molar-refractivity contribution in [3.63, 3.8) is 0 Å². The highest BCUT2D eigenvalue weighted by Gasteiger charge is 2.34. The van der Waals surface area contributed by atoms with Crippen LogP contribution in [-0.2, 0) is 25.9 Å². The number of methoxy groups -OCH3 is 3. The van der Waals surface area contributed by atoms with Crippen molar-refractivity contribution in [2.24, 2.45) is 5.73 Å². The Bertz CT molecular complexity index is 834. The third kappa shape index (κ3) is 2.63. The topological polar surface area (TPSA) is 57.0 Å². The van der Waals surface area contributed by atoms with E-state index in [-0.39, 0.29) is 0 Å². The molecule has 5 nitrogen and oxygen atoms in total. The van der Waals surface area contributed by atoms with E-state index in [2.05, 4.69) is 29.2 Å². The fraction of sp³-hybridized carbons (Fsp3) is 0.429. The normalized spacial score (nSPS) is 18.5. The van der Waals surface area contributed by atoms with Gasteiger partial charge < -0.3 is 19.9 Å². The third-order valence-electron chi connectivity index (χ3n) is 5.80. The lowest BCUT2D eigenvalue weighted by atomic mass is 9.82. The Morgan fingerprint density at radius 3 is 2.42 bits per heavy atom. The molecule has 4 rings (SSSR count). The van der Waals surface area contributed by atoms with Gasteiger partial charge in [0.25, 0.3) is 0 Å². The van der Waals surface area contributed by atoms with Gasteiger partial charge in [-0.3, -0.25) is 4.90 Å². The van der Waals surface area contributed by atoms with E-state index in [1.807, 2.05) is 0 Å². The molecule has 138 valence electrons. The minimum Gasteiger partial charge on any atom is -0.496 e. The van der Waals surface area contributed by atoms with Gasteiger partial charge in [0.15, 0.2) is 11.5 Å². The molecule has 2 aliphatic heterocycles. The Kier molecular flexibility index (Phi) is 4.51. The second-order valence-corrected chi connectivity index (χ2v) is 6.93. The van der Waals surface area contributed by atoms with Crippen molar-refractivity contribution in [3.05, 3.63) is 52.1 Å². The van der Waals surface area contributed by atoms with Crippen LogP contribution in [0.1, 0.15) is 33.9 Å². The molecule has 1 atom stereocenters.